The summed E-state index contributed by atoms with van der Waals surface area (Å²) in [6.07, 6.45) is 1.05. The van der Waals surface area contributed by atoms with Crippen molar-refractivity contribution in [3.8, 4) is 28.8 Å². The quantitative estimate of drug-likeness (QED) is 0.252. The topological polar surface area (TPSA) is 135 Å². The lowest BCUT2D eigenvalue weighted by atomic mass is 10.0. The van der Waals surface area contributed by atoms with Crippen molar-refractivity contribution in [2.24, 2.45) is 7.05 Å². The fourth-order valence-corrected chi connectivity index (χ4v) is 5.23. The predicted octanol–water partition coefficient (Wildman–Crippen LogP) is 4.93. The van der Waals surface area contributed by atoms with Gasteiger partial charge in [-0.1, -0.05) is 53.8 Å². The number of amides is 3. The van der Waals surface area contributed by atoms with Crippen LogP contribution in [0.5, 0.6) is 5.75 Å². The zero-order valence-corrected chi connectivity index (χ0v) is 27.6. The molecule has 2 heterocycles. The number of phenols is 1. The van der Waals surface area contributed by atoms with Crippen LogP contribution >= 0.6 is 0 Å². The first-order chi connectivity index (χ1) is 22.9. The second-order valence-electron chi connectivity index (χ2n) is 12.5. The molecule has 5 rings (SSSR count). The molecular formula is C37H39N5O6. The van der Waals surface area contributed by atoms with Crippen LogP contribution in [-0.2, 0) is 26.1 Å². The Hall–Kier alpha value is -5.60. The van der Waals surface area contributed by atoms with Crippen molar-refractivity contribution in [2.75, 3.05) is 25.1 Å². The third-order valence-electron chi connectivity index (χ3n) is 7.49. The van der Waals surface area contributed by atoms with Gasteiger partial charge in [0.1, 0.15) is 29.1 Å². The van der Waals surface area contributed by atoms with Crippen LogP contribution in [0.4, 0.5) is 10.5 Å². The van der Waals surface area contributed by atoms with Gasteiger partial charge in [-0.2, -0.15) is 5.10 Å². The molecule has 48 heavy (non-hydrogen) atoms. The first-order valence-corrected chi connectivity index (χ1v) is 15.6. The summed E-state index contributed by atoms with van der Waals surface area (Å²) in [6, 6.07) is 19.2. The van der Waals surface area contributed by atoms with Crippen LogP contribution < -0.4 is 10.6 Å². The molecule has 3 N–H and O–H groups in total. The van der Waals surface area contributed by atoms with Gasteiger partial charge in [0.25, 0.3) is 5.91 Å². The number of rotatable bonds is 6. The number of aromatic nitrogens is 2. The average molecular weight is 650 g/mol. The first kappa shape index (κ1) is 33.8. The Bertz CT molecular complexity index is 1850. The monoisotopic (exact) mass is 649 g/mol. The molecule has 3 amide bonds. The van der Waals surface area contributed by atoms with E-state index in [0.29, 0.717) is 33.6 Å². The fourth-order valence-electron chi connectivity index (χ4n) is 5.23. The van der Waals surface area contributed by atoms with Crippen molar-refractivity contribution in [1.29, 1.82) is 0 Å². The van der Waals surface area contributed by atoms with Crippen LogP contribution in [0, 0.1) is 18.8 Å². The number of alkyl carbamates (subject to hydrolysis) is 1. The normalized spacial score (nSPS) is 15.1. The van der Waals surface area contributed by atoms with Gasteiger partial charge >= 0.3 is 6.09 Å². The Morgan fingerprint density at radius 3 is 2.48 bits per heavy atom. The fraction of sp³-hybridized carbons (Fsp3) is 0.297. The number of hydrogen-bond donors (Lipinski definition) is 3. The summed E-state index contributed by atoms with van der Waals surface area (Å²) < 4.78 is 12.7. The Morgan fingerprint density at radius 2 is 1.77 bits per heavy atom. The van der Waals surface area contributed by atoms with Crippen molar-refractivity contribution in [1.82, 2.24) is 20.0 Å². The van der Waals surface area contributed by atoms with Crippen LogP contribution in [0.3, 0.4) is 0 Å². The molecule has 0 radical (unpaired) electrons. The molecule has 11 nitrogen and oxygen atoms in total. The second-order valence-corrected chi connectivity index (χ2v) is 12.5. The maximum Gasteiger partial charge on any atom is 0.408 e. The third kappa shape index (κ3) is 8.40. The molecule has 248 valence electrons. The number of anilines is 1. The average Bonchev–Trinajstić information content (AvgIpc) is 3.43. The lowest BCUT2D eigenvalue weighted by Crippen LogP contribution is -2.57. The number of phenolic OH excluding ortho intramolecular Hbond substituents is 1. The van der Waals surface area contributed by atoms with Crippen LogP contribution in [0.15, 0.2) is 79.0 Å². The zero-order valence-electron chi connectivity index (χ0n) is 27.6. The van der Waals surface area contributed by atoms with Crippen molar-refractivity contribution in [3.05, 3.63) is 101 Å². The molecule has 4 aromatic rings. The molecular weight excluding hydrogens is 610 g/mol. The van der Waals surface area contributed by atoms with Crippen LogP contribution in [0.1, 0.15) is 49.1 Å². The number of aryl methyl sites for hydroxylation is 2. The standard InChI is InChI=1S/C37H39N5O6/c1-24-11-18-31(43)29(21-24)32-27(22-41(5)40-32)15-12-25-13-16-28(17-14-25)38-34(44)30-23-47-20-19-42(30)35(45)33(26-9-7-6-8-10-26)39-36(46)48-37(2,3)4/h6-11,13-14,16-18,21-22,30,33,43H,19-20,23H2,1-5H3,(H,38,44)(H,39,46)/t30?,33-/m1/s1. The molecule has 11 heteroatoms. The number of carbonyl (C=O) groups is 3. The Balaban J connectivity index is 1.30. The van der Waals surface area contributed by atoms with E-state index >= 15 is 0 Å². The van der Waals surface area contributed by atoms with Crippen molar-refractivity contribution in [2.45, 2.75) is 45.4 Å². The number of morpholine rings is 1. The van der Waals surface area contributed by atoms with Gasteiger partial charge < -0.3 is 30.1 Å². The molecule has 1 saturated heterocycles. The van der Waals surface area contributed by atoms with Gasteiger partial charge in [0, 0.05) is 36.6 Å². The van der Waals surface area contributed by atoms with Crippen LogP contribution in [0.2, 0.25) is 0 Å². The van der Waals surface area contributed by atoms with Gasteiger partial charge in [-0.05, 0) is 69.7 Å². The molecule has 2 atom stereocenters. The third-order valence-corrected chi connectivity index (χ3v) is 7.49. The van der Waals surface area contributed by atoms with Crippen LogP contribution in [0.25, 0.3) is 11.3 Å². The molecule has 1 aliphatic rings. The molecule has 1 unspecified atom stereocenters. The number of ether oxygens (including phenoxy) is 2. The lowest BCUT2D eigenvalue weighted by molar-refractivity contribution is -0.148. The summed E-state index contributed by atoms with van der Waals surface area (Å²) in [4.78, 5) is 41.6. The smallest absolute Gasteiger partial charge is 0.408 e. The van der Waals surface area contributed by atoms with E-state index in [4.69, 9.17) is 9.47 Å². The molecule has 1 aliphatic heterocycles. The SMILES string of the molecule is Cc1ccc(O)c(-c2nn(C)cc2C#Cc2ccc(NC(=O)C3COCCN3C(=O)[C@H](NC(=O)OC(C)(C)C)c3ccccc3)cc2)c1. The van der Waals surface area contributed by atoms with E-state index in [0.717, 1.165) is 5.56 Å². The second kappa shape index (κ2) is 14.4. The molecule has 0 saturated carbocycles. The molecule has 3 aromatic carbocycles. The Labute approximate surface area is 279 Å². The number of aromatic hydroxyl groups is 1. The summed E-state index contributed by atoms with van der Waals surface area (Å²) >= 11 is 0. The van der Waals surface area contributed by atoms with Crippen molar-refractivity contribution < 1.29 is 29.0 Å². The van der Waals surface area contributed by atoms with Gasteiger partial charge in [-0.25, -0.2) is 4.79 Å². The summed E-state index contributed by atoms with van der Waals surface area (Å²) in [6.45, 7) is 7.58. The summed E-state index contributed by atoms with van der Waals surface area (Å²) in [5, 5.41) is 20.5. The predicted molar refractivity (Wildman–Crippen MR) is 181 cm³/mol. The number of benzene rings is 3. The first-order valence-electron chi connectivity index (χ1n) is 15.6. The van der Waals surface area contributed by atoms with Gasteiger partial charge in [0.15, 0.2) is 0 Å². The number of hydrogen-bond acceptors (Lipinski definition) is 7. The van der Waals surface area contributed by atoms with E-state index in [9.17, 15) is 19.5 Å². The maximum absolute atomic E-state index is 13.9. The van der Waals surface area contributed by atoms with E-state index < -0.39 is 35.6 Å². The Morgan fingerprint density at radius 1 is 1.04 bits per heavy atom. The largest absolute Gasteiger partial charge is 0.507 e. The maximum atomic E-state index is 13.9. The van der Waals surface area contributed by atoms with E-state index in [-0.39, 0.29) is 25.5 Å². The van der Waals surface area contributed by atoms with Gasteiger partial charge in [0.2, 0.25) is 5.91 Å². The van der Waals surface area contributed by atoms with E-state index in [1.807, 2.05) is 25.1 Å². The highest BCUT2D eigenvalue weighted by atomic mass is 16.6. The van der Waals surface area contributed by atoms with Crippen molar-refractivity contribution in [3.63, 3.8) is 0 Å². The van der Waals surface area contributed by atoms with Crippen molar-refractivity contribution >= 4 is 23.6 Å². The summed E-state index contributed by atoms with van der Waals surface area (Å²) in [7, 11) is 1.80. The highest BCUT2D eigenvalue weighted by Crippen LogP contribution is 2.31. The molecule has 0 aliphatic carbocycles. The molecule has 1 aromatic heterocycles. The highest BCUT2D eigenvalue weighted by Gasteiger charge is 2.38. The zero-order chi connectivity index (χ0) is 34.4. The highest BCUT2D eigenvalue weighted by molar-refractivity contribution is 5.98. The van der Waals surface area contributed by atoms with Gasteiger partial charge in [-0.15, -0.1) is 0 Å². The van der Waals surface area contributed by atoms with E-state index in [1.54, 1.807) is 93.3 Å². The minimum Gasteiger partial charge on any atom is -0.507 e. The molecule has 0 spiro atoms. The minimum atomic E-state index is -1.07. The number of nitrogens with one attached hydrogen (secondary N) is 2. The number of nitrogens with zero attached hydrogens (tertiary/aromatic N) is 3. The van der Waals surface area contributed by atoms with Gasteiger partial charge in [0.05, 0.1) is 18.8 Å². The minimum absolute atomic E-state index is 0.000975. The number of carbonyl (C=O) groups excluding carboxylic acids is 3. The van der Waals surface area contributed by atoms with E-state index in [2.05, 4.69) is 27.6 Å². The lowest BCUT2D eigenvalue weighted by Gasteiger charge is -2.37. The molecule has 1 fully saturated rings. The summed E-state index contributed by atoms with van der Waals surface area (Å²) in [5.74, 6) is 5.52. The molecule has 0 bridgehead atoms. The van der Waals surface area contributed by atoms with Crippen LogP contribution in [-0.4, -0.2) is 69.1 Å². The Kier molecular flexibility index (Phi) is 10.2. The van der Waals surface area contributed by atoms with Gasteiger partial charge in [-0.3, -0.25) is 14.3 Å². The summed E-state index contributed by atoms with van der Waals surface area (Å²) in [5.41, 5.74) is 3.86. The van der Waals surface area contributed by atoms with E-state index in [1.165, 1.54) is 4.90 Å².